The molecule has 4 atom stereocenters. The maximum Gasteiger partial charge on any atom is 0.303 e. The molecule has 5 rings (SSSR count). The van der Waals surface area contributed by atoms with Gasteiger partial charge in [-0.15, -0.1) is 0 Å². The first-order valence-corrected chi connectivity index (χ1v) is 15.7. The normalized spacial score (nSPS) is 24.1. The van der Waals surface area contributed by atoms with Gasteiger partial charge in [-0.2, -0.15) is 0 Å². The topological polar surface area (TPSA) is 130 Å². The number of carboxylic acids is 2. The van der Waals surface area contributed by atoms with Crippen LogP contribution in [0.2, 0.25) is 0 Å². The van der Waals surface area contributed by atoms with Gasteiger partial charge in [0, 0.05) is 85.5 Å². The minimum Gasteiger partial charge on any atom is -0.481 e. The highest BCUT2D eigenvalue weighted by Gasteiger charge is 2.35. The van der Waals surface area contributed by atoms with E-state index in [1.165, 1.54) is 50.5 Å². The molecular formula is C34H48N4O4. The summed E-state index contributed by atoms with van der Waals surface area (Å²) in [5.41, 5.74) is 15.2. The van der Waals surface area contributed by atoms with E-state index in [0.29, 0.717) is 19.3 Å². The van der Waals surface area contributed by atoms with Crippen molar-refractivity contribution in [3.8, 4) is 0 Å². The van der Waals surface area contributed by atoms with E-state index < -0.39 is 11.9 Å². The van der Waals surface area contributed by atoms with E-state index in [2.05, 4.69) is 62.1 Å². The third-order valence-electron chi connectivity index (χ3n) is 10.4. The molecule has 3 aliphatic rings. The molecule has 0 aromatic carbocycles. The first-order chi connectivity index (χ1) is 20.0. The van der Waals surface area contributed by atoms with Crippen LogP contribution < -0.4 is 10.6 Å². The van der Waals surface area contributed by atoms with Gasteiger partial charge < -0.3 is 30.8 Å². The number of hydrogen-bond donors (Lipinski definition) is 6. The zero-order valence-corrected chi connectivity index (χ0v) is 26.1. The molecule has 0 radical (unpaired) electrons. The highest BCUT2D eigenvalue weighted by Crippen LogP contribution is 2.35. The summed E-state index contributed by atoms with van der Waals surface area (Å²) in [6, 6.07) is 0.614. The second-order valence-electron chi connectivity index (χ2n) is 12.6. The molecule has 8 bridgehead atoms. The molecule has 42 heavy (non-hydrogen) atoms. The van der Waals surface area contributed by atoms with Crippen molar-refractivity contribution in [2.24, 2.45) is 0 Å². The van der Waals surface area contributed by atoms with Gasteiger partial charge in [0.25, 0.3) is 0 Å². The molecule has 8 heteroatoms. The lowest BCUT2D eigenvalue weighted by atomic mass is 9.92. The predicted octanol–water partition coefficient (Wildman–Crippen LogP) is 5.01. The van der Waals surface area contributed by atoms with Crippen LogP contribution in [0.3, 0.4) is 0 Å². The van der Waals surface area contributed by atoms with Crippen LogP contribution in [0.5, 0.6) is 0 Å². The highest BCUT2D eigenvalue weighted by atomic mass is 16.4. The number of carboxylic acid groups (broad SMARTS) is 2. The van der Waals surface area contributed by atoms with E-state index in [1.807, 2.05) is 0 Å². The quantitative estimate of drug-likeness (QED) is 0.245. The third-order valence-corrected chi connectivity index (χ3v) is 10.4. The van der Waals surface area contributed by atoms with Gasteiger partial charge in [0.05, 0.1) is 0 Å². The molecule has 5 heterocycles. The number of H-pyrrole nitrogens is 2. The Morgan fingerprint density at radius 2 is 1.07 bits per heavy atom. The molecule has 8 nitrogen and oxygen atoms in total. The minimum absolute atomic E-state index is 0.000322. The maximum atomic E-state index is 11.6. The lowest BCUT2D eigenvalue weighted by Crippen LogP contribution is -2.36. The molecule has 0 saturated carbocycles. The molecule has 0 aliphatic carbocycles. The Hall–Kier alpha value is -3.10. The first kappa shape index (κ1) is 30.4. The molecule has 2 aromatic heterocycles. The number of rotatable bonds is 8. The Kier molecular flexibility index (Phi) is 8.86. The monoisotopic (exact) mass is 576 g/mol. The summed E-state index contributed by atoms with van der Waals surface area (Å²) in [6.45, 7) is 13.3. The van der Waals surface area contributed by atoms with Gasteiger partial charge in [-0.05, 0) is 75.6 Å². The van der Waals surface area contributed by atoms with E-state index in [9.17, 15) is 19.8 Å². The predicted molar refractivity (Wildman–Crippen MR) is 165 cm³/mol. The largest absolute Gasteiger partial charge is 0.481 e. The van der Waals surface area contributed by atoms with Gasteiger partial charge >= 0.3 is 11.9 Å². The van der Waals surface area contributed by atoms with Gasteiger partial charge in [-0.25, -0.2) is 0 Å². The van der Waals surface area contributed by atoms with Crippen molar-refractivity contribution < 1.29 is 19.8 Å². The van der Waals surface area contributed by atoms with Crippen LogP contribution in [0.4, 0.5) is 0 Å². The minimum atomic E-state index is -0.794. The van der Waals surface area contributed by atoms with Crippen molar-refractivity contribution in [2.45, 2.75) is 130 Å². The summed E-state index contributed by atoms with van der Waals surface area (Å²) < 4.78 is 0. The van der Waals surface area contributed by atoms with Gasteiger partial charge in [0.1, 0.15) is 0 Å². The van der Waals surface area contributed by atoms with E-state index in [0.717, 1.165) is 48.9 Å². The van der Waals surface area contributed by atoms with Crippen LogP contribution in [0, 0.1) is 13.8 Å². The molecule has 0 spiro atoms. The Balaban J connectivity index is 1.61. The van der Waals surface area contributed by atoms with Crippen LogP contribution in [-0.4, -0.2) is 56.3 Å². The van der Waals surface area contributed by atoms with E-state index in [4.69, 9.17) is 0 Å². The Bertz CT molecular complexity index is 1440. The van der Waals surface area contributed by atoms with Crippen LogP contribution in [0.15, 0.2) is 22.3 Å². The van der Waals surface area contributed by atoms with Crippen LogP contribution in [0.1, 0.15) is 98.4 Å². The lowest BCUT2D eigenvalue weighted by Gasteiger charge is -2.19. The molecule has 228 valence electrons. The lowest BCUT2D eigenvalue weighted by molar-refractivity contribution is -0.138. The molecule has 0 fully saturated rings. The number of aromatic amines is 2. The van der Waals surface area contributed by atoms with Gasteiger partial charge in [0.15, 0.2) is 0 Å². The number of fused-ring (bicyclic) bond motifs is 8. The molecule has 0 amide bonds. The summed E-state index contributed by atoms with van der Waals surface area (Å²) in [4.78, 5) is 30.8. The fourth-order valence-electron chi connectivity index (χ4n) is 8.00. The van der Waals surface area contributed by atoms with Gasteiger partial charge in [-0.1, -0.05) is 36.1 Å². The Morgan fingerprint density at radius 1 is 0.619 bits per heavy atom. The Labute approximate surface area is 249 Å². The van der Waals surface area contributed by atoms with Gasteiger partial charge in [0.2, 0.25) is 0 Å². The standard InChI is InChI=1S/C34H48N4O4/c1-7-21-17(3)25-13-26-19(5)23(9-11-33(39)40)31(37-26)16-32-24(10-12-34(41)42)20(6)28(38-32)15-30-22(8-2)18(4)27(36-30)14-29(21)35-25/h25,28-29,32,35-38H,7-16H2,1-6H3,(H,39,40)(H,41,42). The smallest absolute Gasteiger partial charge is 0.303 e. The summed E-state index contributed by atoms with van der Waals surface area (Å²) >= 11 is 0. The number of aromatic nitrogens is 2. The second kappa shape index (κ2) is 12.3. The van der Waals surface area contributed by atoms with Crippen LogP contribution >= 0.6 is 0 Å². The van der Waals surface area contributed by atoms with Crippen molar-refractivity contribution in [1.82, 2.24) is 20.6 Å². The number of hydrogen-bond acceptors (Lipinski definition) is 4. The summed E-state index contributed by atoms with van der Waals surface area (Å²) in [7, 11) is 0. The molecule has 0 saturated heterocycles. The van der Waals surface area contributed by atoms with Crippen molar-refractivity contribution in [1.29, 1.82) is 0 Å². The van der Waals surface area contributed by atoms with Crippen LogP contribution in [-0.2, 0) is 48.1 Å². The van der Waals surface area contributed by atoms with Crippen molar-refractivity contribution in [3.05, 3.63) is 67.3 Å². The van der Waals surface area contributed by atoms with E-state index in [-0.39, 0.29) is 37.0 Å². The SMILES string of the molecule is CCC1=C(C)C2Cc3[nH]c(c(CCC(=O)O)c3C)CC3NC(Cc4[nH]c(c(C)c4CC)CC1N2)C(C)=C3CCC(=O)O. The molecule has 4 unspecified atom stereocenters. The number of aliphatic carboxylic acids is 2. The van der Waals surface area contributed by atoms with E-state index in [1.54, 1.807) is 0 Å². The summed E-state index contributed by atoms with van der Waals surface area (Å²) in [5, 5.41) is 26.9. The molecule has 3 aliphatic heterocycles. The number of carbonyl (C=O) groups is 2. The van der Waals surface area contributed by atoms with E-state index >= 15 is 0 Å². The average Bonchev–Trinajstić information content (AvgIpc) is 3.59. The van der Waals surface area contributed by atoms with Crippen molar-refractivity contribution in [3.63, 3.8) is 0 Å². The molecular weight excluding hydrogens is 528 g/mol. The third kappa shape index (κ3) is 5.76. The summed E-state index contributed by atoms with van der Waals surface area (Å²) in [5.74, 6) is -1.58. The summed E-state index contributed by atoms with van der Waals surface area (Å²) in [6.07, 6.45) is 6.44. The fraction of sp³-hybridized carbons (Fsp3) is 0.588. The molecule has 6 N–H and O–H groups in total. The molecule has 2 aromatic rings. The zero-order valence-electron chi connectivity index (χ0n) is 26.1. The maximum absolute atomic E-state index is 11.6. The second-order valence-corrected chi connectivity index (χ2v) is 12.6. The highest BCUT2D eigenvalue weighted by molar-refractivity contribution is 5.68. The van der Waals surface area contributed by atoms with Crippen molar-refractivity contribution in [2.75, 3.05) is 0 Å². The average molecular weight is 577 g/mol. The number of nitrogens with one attached hydrogen (secondary N) is 4. The fourth-order valence-corrected chi connectivity index (χ4v) is 8.00. The van der Waals surface area contributed by atoms with Crippen LogP contribution in [0.25, 0.3) is 0 Å². The Morgan fingerprint density at radius 3 is 1.64 bits per heavy atom. The zero-order chi connectivity index (χ0) is 30.3. The van der Waals surface area contributed by atoms with Crippen molar-refractivity contribution >= 4 is 11.9 Å². The first-order valence-electron chi connectivity index (χ1n) is 15.7. The van der Waals surface area contributed by atoms with Gasteiger partial charge in [-0.3, -0.25) is 9.59 Å².